The van der Waals surface area contributed by atoms with Crippen LogP contribution < -0.4 is 0 Å². The summed E-state index contributed by atoms with van der Waals surface area (Å²) in [5, 5.41) is 17.1. The molecule has 308 valence electrons. The number of ketones is 2. The Morgan fingerprint density at radius 2 is 1.00 bits per heavy atom. The van der Waals surface area contributed by atoms with E-state index in [0.717, 1.165) is 97.2 Å². The third-order valence-corrected chi connectivity index (χ3v) is 13.0. The van der Waals surface area contributed by atoms with Gasteiger partial charge in [0.05, 0.1) is 10.8 Å². The molecule has 4 fully saturated rings. The number of rotatable bonds is 12. The van der Waals surface area contributed by atoms with Gasteiger partial charge in [-0.15, -0.1) is 20.4 Å². The van der Waals surface area contributed by atoms with Crippen LogP contribution in [-0.4, -0.2) is 61.0 Å². The van der Waals surface area contributed by atoms with Crippen LogP contribution in [0.5, 0.6) is 0 Å². The maximum atomic E-state index is 13.0. The Morgan fingerprint density at radius 3 is 1.33 bits per heavy atom. The van der Waals surface area contributed by atoms with Crippen molar-refractivity contribution in [3.05, 3.63) is 142 Å². The lowest BCUT2D eigenvalue weighted by Crippen LogP contribution is -2.43. The van der Waals surface area contributed by atoms with Gasteiger partial charge in [0.1, 0.15) is 47.3 Å². The molecule has 0 atom stereocenters. The summed E-state index contributed by atoms with van der Waals surface area (Å²) in [5.74, 6) is 5.94. The Labute approximate surface area is 351 Å². The van der Waals surface area contributed by atoms with Crippen molar-refractivity contribution < 1.29 is 9.59 Å². The molecule has 0 N–H and O–H groups in total. The van der Waals surface area contributed by atoms with Crippen molar-refractivity contribution in [3.8, 4) is 0 Å². The van der Waals surface area contributed by atoms with Crippen LogP contribution in [0.1, 0.15) is 155 Å². The van der Waals surface area contributed by atoms with Crippen molar-refractivity contribution in [2.75, 3.05) is 0 Å². The molecular formula is C48H54N10O2. The third-order valence-electron chi connectivity index (χ3n) is 13.0. The average molecular weight is 803 g/mol. The molecule has 12 heteroatoms. The van der Waals surface area contributed by atoms with E-state index in [2.05, 4.69) is 90.6 Å². The van der Waals surface area contributed by atoms with Gasteiger partial charge in [-0.25, -0.2) is 19.9 Å². The average Bonchev–Trinajstić information content (AvgIpc) is 4.14. The number of aryl methyl sites for hydroxylation is 4. The van der Waals surface area contributed by atoms with Crippen molar-refractivity contribution in [1.82, 2.24) is 49.5 Å². The van der Waals surface area contributed by atoms with Crippen LogP contribution in [-0.2, 0) is 37.8 Å². The molecule has 4 saturated carbocycles. The van der Waals surface area contributed by atoms with Crippen molar-refractivity contribution in [2.24, 2.45) is 25.9 Å². The van der Waals surface area contributed by atoms with Gasteiger partial charge in [0.15, 0.2) is 11.6 Å². The number of Topliss-reactive ketones (excluding diaryl/α,β-unsaturated/α-hetero) is 2. The highest BCUT2D eigenvalue weighted by atomic mass is 16.1. The van der Waals surface area contributed by atoms with Gasteiger partial charge in [-0.2, -0.15) is 0 Å². The molecule has 4 aliphatic carbocycles. The first-order chi connectivity index (χ1) is 28.9. The molecule has 4 aromatic heterocycles. The minimum atomic E-state index is -0.117. The Balaban J connectivity index is 0.000000154. The van der Waals surface area contributed by atoms with E-state index in [4.69, 9.17) is 0 Å². The second-order valence-corrected chi connectivity index (χ2v) is 18.4. The lowest BCUT2D eigenvalue weighted by Gasteiger charge is -2.46. The SMILES string of the molecule is Cc1cc(C(=O)Cc2cccc(C3(c4nncn4C)CC(C)C3)c2)nc(C2CC2)n1.Cc1cc(C(=O)Cc2cccc(C3(c4nncn4C)CC(C)C3)c2)nc(C2CC2)n1. The lowest BCUT2D eigenvalue weighted by atomic mass is 9.58. The number of nitrogens with zero attached hydrogens (tertiary/aromatic N) is 10. The fourth-order valence-corrected chi connectivity index (χ4v) is 9.81. The zero-order chi connectivity index (χ0) is 41.8. The molecule has 0 saturated heterocycles. The molecule has 6 aromatic rings. The molecule has 60 heavy (non-hydrogen) atoms. The molecule has 10 rings (SSSR count). The van der Waals surface area contributed by atoms with E-state index < -0.39 is 0 Å². The third kappa shape index (κ3) is 7.84. The van der Waals surface area contributed by atoms with Gasteiger partial charge >= 0.3 is 0 Å². The van der Waals surface area contributed by atoms with Gasteiger partial charge in [0.25, 0.3) is 0 Å². The van der Waals surface area contributed by atoms with Gasteiger partial charge in [-0.05, 0) is 111 Å². The summed E-state index contributed by atoms with van der Waals surface area (Å²) in [5.41, 5.74) is 7.06. The fraction of sp³-hybridized carbons (Fsp3) is 0.458. The number of carbonyl (C=O) groups excluding carboxylic acids is 2. The van der Waals surface area contributed by atoms with E-state index in [1.54, 1.807) is 12.7 Å². The molecule has 0 unspecified atom stereocenters. The second-order valence-electron chi connectivity index (χ2n) is 18.4. The standard InChI is InChI=1S/2C24H27N5O/c2*1-15-12-24(13-15,23-28-25-14-29(23)3)19-6-4-5-17(10-19)11-21(30)20-9-16(2)26-22(27-20)18-7-8-18/h2*4-6,9-10,14-15,18H,7-8,11-13H2,1-3H3. The number of benzene rings is 2. The van der Waals surface area contributed by atoms with E-state index in [-0.39, 0.29) is 22.4 Å². The molecule has 4 heterocycles. The van der Waals surface area contributed by atoms with Crippen molar-refractivity contribution in [2.45, 2.75) is 115 Å². The normalized spacial score (nSPS) is 23.2. The number of carbonyl (C=O) groups is 2. The first-order valence-electron chi connectivity index (χ1n) is 21.5. The molecule has 0 radical (unpaired) electrons. The molecule has 0 aliphatic heterocycles. The molecule has 0 amide bonds. The highest BCUT2D eigenvalue weighted by Crippen LogP contribution is 2.52. The van der Waals surface area contributed by atoms with Crippen LogP contribution >= 0.6 is 0 Å². The van der Waals surface area contributed by atoms with Crippen LogP contribution in [0.2, 0.25) is 0 Å². The highest BCUT2D eigenvalue weighted by molar-refractivity contribution is 5.96. The lowest BCUT2D eigenvalue weighted by molar-refractivity contribution is 0.0979. The summed E-state index contributed by atoms with van der Waals surface area (Å²) in [6.45, 7) is 8.43. The first-order valence-corrected chi connectivity index (χ1v) is 21.5. The quantitative estimate of drug-likeness (QED) is 0.112. The zero-order valence-corrected chi connectivity index (χ0v) is 35.6. The van der Waals surface area contributed by atoms with Crippen molar-refractivity contribution >= 4 is 11.6 Å². The maximum Gasteiger partial charge on any atom is 0.185 e. The van der Waals surface area contributed by atoms with Gasteiger partial charge < -0.3 is 9.13 Å². The van der Waals surface area contributed by atoms with E-state index in [1.807, 2.05) is 61.3 Å². The summed E-state index contributed by atoms with van der Waals surface area (Å²) in [6, 6.07) is 20.5. The second kappa shape index (κ2) is 15.7. The number of aromatic nitrogens is 10. The van der Waals surface area contributed by atoms with Gasteiger partial charge in [-0.1, -0.05) is 62.4 Å². The summed E-state index contributed by atoms with van der Waals surface area (Å²) in [4.78, 5) is 44.2. The molecule has 4 aliphatic rings. The summed E-state index contributed by atoms with van der Waals surface area (Å²) in [7, 11) is 4.00. The van der Waals surface area contributed by atoms with E-state index >= 15 is 0 Å². The highest BCUT2D eigenvalue weighted by Gasteiger charge is 2.49. The number of hydrogen-bond acceptors (Lipinski definition) is 10. The zero-order valence-electron chi connectivity index (χ0n) is 35.6. The maximum absolute atomic E-state index is 13.0. The van der Waals surface area contributed by atoms with E-state index in [9.17, 15) is 9.59 Å². The number of hydrogen-bond donors (Lipinski definition) is 0. The Bertz CT molecular complexity index is 2390. The van der Waals surface area contributed by atoms with Crippen molar-refractivity contribution in [3.63, 3.8) is 0 Å². The topological polar surface area (TPSA) is 147 Å². The molecule has 0 spiro atoms. The van der Waals surface area contributed by atoms with Crippen LogP contribution in [0.15, 0.2) is 73.3 Å². The Kier molecular flexibility index (Phi) is 10.4. The summed E-state index contributed by atoms with van der Waals surface area (Å²) in [6.07, 6.45) is 12.9. The summed E-state index contributed by atoms with van der Waals surface area (Å²) < 4.78 is 4.04. The smallest absolute Gasteiger partial charge is 0.185 e. The summed E-state index contributed by atoms with van der Waals surface area (Å²) >= 11 is 0. The molecule has 12 nitrogen and oxygen atoms in total. The largest absolute Gasteiger partial charge is 0.320 e. The molecular weight excluding hydrogens is 749 g/mol. The van der Waals surface area contributed by atoms with Crippen LogP contribution in [0.3, 0.4) is 0 Å². The van der Waals surface area contributed by atoms with Gasteiger partial charge in [0.2, 0.25) is 0 Å². The Morgan fingerprint density at radius 1 is 0.600 bits per heavy atom. The van der Waals surface area contributed by atoms with Crippen LogP contribution in [0.4, 0.5) is 0 Å². The predicted octanol–water partition coefficient (Wildman–Crippen LogP) is 7.86. The fourth-order valence-electron chi connectivity index (χ4n) is 9.81. The molecule has 2 aromatic carbocycles. The predicted molar refractivity (Wildman–Crippen MR) is 227 cm³/mol. The van der Waals surface area contributed by atoms with Crippen LogP contribution in [0.25, 0.3) is 0 Å². The van der Waals surface area contributed by atoms with Gasteiger partial charge in [0, 0.05) is 50.2 Å². The van der Waals surface area contributed by atoms with E-state index in [1.165, 1.54) is 11.1 Å². The monoisotopic (exact) mass is 802 g/mol. The van der Waals surface area contributed by atoms with E-state index in [0.29, 0.717) is 47.9 Å². The minimum Gasteiger partial charge on any atom is -0.320 e. The Hall–Kier alpha value is -5.78. The van der Waals surface area contributed by atoms with Crippen molar-refractivity contribution in [1.29, 1.82) is 0 Å². The van der Waals surface area contributed by atoms with Gasteiger partial charge in [-0.3, -0.25) is 9.59 Å². The minimum absolute atomic E-state index is 0.0502. The first kappa shape index (κ1) is 39.7. The molecule has 0 bridgehead atoms. The van der Waals surface area contributed by atoms with Crippen LogP contribution in [0, 0.1) is 25.7 Å².